The number of nitrogens with one attached hydrogen (secondary N) is 1. The molecule has 0 saturated heterocycles. The van der Waals surface area contributed by atoms with Crippen LogP contribution in [-0.4, -0.2) is 26.5 Å². The van der Waals surface area contributed by atoms with Crippen molar-refractivity contribution in [1.29, 1.82) is 0 Å². The Labute approximate surface area is 97.8 Å². The maximum absolute atomic E-state index is 11.2. The van der Waals surface area contributed by atoms with Crippen LogP contribution in [0, 0.1) is 6.92 Å². The number of sulfone groups is 1. The molecule has 0 aromatic heterocycles. The highest BCUT2D eigenvalue weighted by Gasteiger charge is 2.05. The van der Waals surface area contributed by atoms with E-state index in [-0.39, 0.29) is 11.5 Å². The number of hydrogen-bond donors (Lipinski definition) is 1. The molecule has 0 atom stereocenters. The molecule has 0 saturated carbocycles. The smallest absolute Gasteiger partial charge is 0.150 e. The Balaban J connectivity index is 2.32. The summed E-state index contributed by atoms with van der Waals surface area (Å²) in [6, 6.07) is 8.06. The van der Waals surface area contributed by atoms with Crippen molar-refractivity contribution in [2.24, 2.45) is 0 Å². The van der Waals surface area contributed by atoms with Crippen molar-refractivity contribution in [2.75, 3.05) is 23.4 Å². The van der Waals surface area contributed by atoms with Crippen LogP contribution in [0.5, 0.6) is 0 Å². The van der Waals surface area contributed by atoms with Crippen molar-refractivity contribution in [3.8, 4) is 0 Å². The SMILES string of the molecule is CCS(=O)(=O)CCCNc1cccc(C)c1. The van der Waals surface area contributed by atoms with Crippen molar-refractivity contribution >= 4 is 15.5 Å². The maximum Gasteiger partial charge on any atom is 0.150 e. The Morgan fingerprint density at radius 2 is 2.06 bits per heavy atom. The lowest BCUT2D eigenvalue weighted by Crippen LogP contribution is -2.12. The van der Waals surface area contributed by atoms with Crippen LogP contribution in [0.25, 0.3) is 0 Å². The molecule has 4 heteroatoms. The van der Waals surface area contributed by atoms with E-state index in [1.165, 1.54) is 5.56 Å². The van der Waals surface area contributed by atoms with E-state index in [1.807, 2.05) is 31.2 Å². The Hall–Kier alpha value is -1.03. The number of rotatable bonds is 6. The first kappa shape index (κ1) is 13.0. The van der Waals surface area contributed by atoms with Crippen molar-refractivity contribution in [1.82, 2.24) is 0 Å². The molecule has 1 N–H and O–H groups in total. The molecule has 0 aliphatic carbocycles. The van der Waals surface area contributed by atoms with Gasteiger partial charge in [0.25, 0.3) is 0 Å². The average Bonchev–Trinajstić information content (AvgIpc) is 2.25. The summed E-state index contributed by atoms with van der Waals surface area (Å²) in [6.07, 6.45) is 0.657. The minimum Gasteiger partial charge on any atom is -0.385 e. The molecule has 0 fully saturated rings. The predicted octanol–water partition coefficient (Wildman–Crippen LogP) is 2.23. The van der Waals surface area contributed by atoms with Crippen molar-refractivity contribution in [3.05, 3.63) is 29.8 Å². The van der Waals surface area contributed by atoms with E-state index in [9.17, 15) is 8.42 Å². The topological polar surface area (TPSA) is 46.2 Å². The summed E-state index contributed by atoms with van der Waals surface area (Å²) in [5, 5.41) is 3.22. The minimum atomic E-state index is -2.82. The summed E-state index contributed by atoms with van der Waals surface area (Å²) in [4.78, 5) is 0. The van der Waals surface area contributed by atoms with E-state index in [4.69, 9.17) is 0 Å². The molecule has 16 heavy (non-hydrogen) atoms. The molecule has 0 aliphatic heterocycles. The van der Waals surface area contributed by atoms with E-state index in [0.29, 0.717) is 13.0 Å². The molecule has 0 aliphatic rings. The van der Waals surface area contributed by atoms with Gasteiger partial charge in [0.2, 0.25) is 0 Å². The summed E-state index contributed by atoms with van der Waals surface area (Å²) in [7, 11) is -2.82. The third-order valence-corrected chi connectivity index (χ3v) is 4.21. The zero-order chi connectivity index (χ0) is 12.0. The van der Waals surface area contributed by atoms with Gasteiger partial charge >= 0.3 is 0 Å². The fourth-order valence-corrected chi connectivity index (χ4v) is 2.30. The molecule has 0 bridgehead atoms. The fraction of sp³-hybridized carbons (Fsp3) is 0.500. The third kappa shape index (κ3) is 4.66. The van der Waals surface area contributed by atoms with Gasteiger partial charge in [-0.05, 0) is 31.0 Å². The highest BCUT2D eigenvalue weighted by molar-refractivity contribution is 7.91. The van der Waals surface area contributed by atoms with Crippen LogP contribution >= 0.6 is 0 Å². The number of hydrogen-bond acceptors (Lipinski definition) is 3. The maximum atomic E-state index is 11.2. The molecule has 1 rings (SSSR count). The Kier molecular flexibility index (Phi) is 4.80. The van der Waals surface area contributed by atoms with Gasteiger partial charge in [-0.15, -0.1) is 0 Å². The summed E-state index contributed by atoms with van der Waals surface area (Å²) < 4.78 is 22.5. The van der Waals surface area contributed by atoms with Crippen LogP contribution in [0.4, 0.5) is 5.69 Å². The Morgan fingerprint density at radius 3 is 2.69 bits per heavy atom. The van der Waals surface area contributed by atoms with Gasteiger partial charge in [-0.2, -0.15) is 0 Å². The number of anilines is 1. The van der Waals surface area contributed by atoms with Crippen molar-refractivity contribution in [3.63, 3.8) is 0 Å². The van der Waals surface area contributed by atoms with Crippen LogP contribution < -0.4 is 5.32 Å². The molecular formula is C12H19NO2S. The number of aryl methyl sites for hydroxylation is 1. The normalized spacial score (nSPS) is 11.4. The molecule has 0 heterocycles. The summed E-state index contributed by atoms with van der Waals surface area (Å²) in [5.41, 5.74) is 2.25. The Bertz CT molecular complexity index is 426. The largest absolute Gasteiger partial charge is 0.385 e. The lowest BCUT2D eigenvalue weighted by Gasteiger charge is -2.06. The summed E-state index contributed by atoms with van der Waals surface area (Å²) in [6.45, 7) is 4.42. The van der Waals surface area contributed by atoms with Gasteiger partial charge in [-0.1, -0.05) is 19.1 Å². The zero-order valence-electron chi connectivity index (χ0n) is 9.86. The van der Waals surface area contributed by atoms with Crippen LogP contribution in [0.15, 0.2) is 24.3 Å². The van der Waals surface area contributed by atoms with Gasteiger partial charge in [-0.25, -0.2) is 8.42 Å². The minimum absolute atomic E-state index is 0.234. The molecule has 0 radical (unpaired) electrons. The summed E-state index contributed by atoms with van der Waals surface area (Å²) >= 11 is 0. The molecule has 0 unspecified atom stereocenters. The summed E-state index contributed by atoms with van der Waals surface area (Å²) in [5.74, 6) is 0.500. The molecule has 90 valence electrons. The van der Waals surface area contributed by atoms with Crippen molar-refractivity contribution < 1.29 is 8.42 Å². The molecular weight excluding hydrogens is 222 g/mol. The molecule has 1 aromatic carbocycles. The second-order valence-corrected chi connectivity index (χ2v) is 6.36. The van der Waals surface area contributed by atoms with Gasteiger partial charge in [0.15, 0.2) is 0 Å². The van der Waals surface area contributed by atoms with Crippen LogP contribution in [0.3, 0.4) is 0 Å². The van der Waals surface area contributed by atoms with E-state index in [1.54, 1.807) is 6.92 Å². The van der Waals surface area contributed by atoms with Gasteiger partial charge in [0.1, 0.15) is 9.84 Å². The van der Waals surface area contributed by atoms with Crippen LogP contribution in [-0.2, 0) is 9.84 Å². The van der Waals surface area contributed by atoms with Crippen molar-refractivity contribution in [2.45, 2.75) is 20.3 Å². The van der Waals surface area contributed by atoms with Crippen LogP contribution in [0.1, 0.15) is 18.9 Å². The molecule has 1 aromatic rings. The lowest BCUT2D eigenvalue weighted by molar-refractivity contribution is 0.595. The number of benzene rings is 1. The fourth-order valence-electron chi connectivity index (χ4n) is 1.42. The second-order valence-electron chi connectivity index (χ2n) is 3.89. The second kappa shape index (κ2) is 5.89. The first-order valence-electron chi connectivity index (χ1n) is 5.54. The van der Waals surface area contributed by atoms with Gasteiger partial charge in [-0.3, -0.25) is 0 Å². The third-order valence-electron chi connectivity index (χ3n) is 2.42. The lowest BCUT2D eigenvalue weighted by atomic mass is 10.2. The monoisotopic (exact) mass is 241 g/mol. The van der Waals surface area contributed by atoms with E-state index >= 15 is 0 Å². The van der Waals surface area contributed by atoms with Gasteiger partial charge in [0, 0.05) is 18.0 Å². The molecule has 0 spiro atoms. The van der Waals surface area contributed by atoms with E-state index in [2.05, 4.69) is 5.32 Å². The van der Waals surface area contributed by atoms with Gasteiger partial charge < -0.3 is 5.32 Å². The highest BCUT2D eigenvalue weighted by atomic mass is 32.2. The standard InChI is InChI=1S/C12H19NO2S/c1-3-16(14,15)9-5-8-13-12-7-4-6-11(2)10-12/h4,6-7,10,13H,3,5,8-9H2,1-2H3. The first-order valence-corrected chi connectivity index (χ1v) is 7.36. The average molecular weight is 241 g/mol. The quantitative estimate of drug-likeness (QED) is 0.777. The first-order chi connectivity index (χ1) is 7.53. The van der Waals surface area contributed by atoms with Crippen LogP contribution in [0.2, 0.25) is 0 Å². The van der Waals surface area contributed by atoms with E-state index in [0.717, 1.165) is 5.69 Å². The van der Waals surface area contributed by atoms with Gasteiger partial charge in [0.05, 0.1) is 5.75 Å². The zero-order valence-corrected chi connectivity index (χ0v) is 10.7. The predicted molar refractivity (Wildman–Crippen MR) is 68.6 cm³/mol. The Morgan fingerprint density at radius 1 is 1.31 bits per heavy atom. The van der Waals surface area contributed by atoms with E-state index < -0.39 is 9.84 Å². The molecule has 3 nitrogen and oxygen atoms in total. The highest BCUT2D eigenvalue weighted by Crippen LogP contribution is 2.09. The molecule has 0 amide bonds.